The third-order valence-electron chi connectivity index (χ3n) is 1.58. The van der Waals surface area contributed by atoms with E-state index in [1.165, 1.54) is 24.3 Å². The number of benzene rings is 1. The zero-order chi connectivity index (χ0) is 9.19. The Kier molecular flexibility index (Phi) is 2.22. The molecular formula is C9H8F2O. The van der Waals surface area contributed by atoms with E-state index in [2.05, 4.69) is 0 Å². The Labute approximate surface area is 69.0 Å². The highest BCUT2D eigenvalue weighted by Crippen LogP contribution is 2.28. The Morgan fingerprint density at radius 2 is 1.75 bits per heavy atom. The summed E-state index contributed by atoms with van der Waals surface area (Å²) in [6, 6.07) is 7.06. The largest absolute Gasteiger partial charge is 0.330 e. The molecule has 0 heterocycles. The summed E-state index contributed by atoms with van der Waals surface area (Å²) in [5.41, 5.74) is -0.252. The molecule has 1 rings (SSSR count). The summed E-state index contributed by atoms with van der Waals surface area (Å²) >= 11 is 0. The van der Waals surface area contributed by atoms with Crippen molar-refractivity contribution in [3.05, 3.63) is 35.9 Å². The lowest BCUT2D eigenvalue weighted by atomic mass is 10.1. The molecule has 0 saturated heterocycles. The number of carbonyl (C=O) groups excluding carboxylic acids is 1. The normalized spacial score (nSPS) is 11.2. The van der Waals surface area contributed by atoms with Gasteiger partial charge in [-0.3, -0.25) is 4.79 Å². The molecule has 0 N–H and O–H groups in total. The van der Waals surface area contributed by atoms with Crippen molar-refractivity contribution in [2.24, 2.45) is 0 Å². The van der Waals surface area contributed by atoms with Gasteiger partial charge in [-0.1, -0.05) is 30.3 Å². The van der Waals surface area contributed by atoms with Gasteiger partial charge in [0.05, 0.1) is 0 Å². The van der Waals surface area contributed by atoms with Gasteiger partial charge in [-0.15, -0.1) is 0 Å². The van der Waals surface area contributed by atoms with Crippen LogP contribution in [0.2, 0.25) is 0 Å². The van der Waals surface area contributed by atoms with Crippen molar-refractivity contribution in [2.45, 2.75) is 12.8 Å². The smallest absolute Gasteiger partial charge is 0.293 e. The van der Waals surface area contributed by atoms with Crippen LogP contribution in [0.3, 0.4) is 0 Å². The van der Waals surface area contributed by atoms with Crippen molar-refractivity contribution in [2.75, 3.05) is 0 Å². The molecule has 0 amide bonds. The van der Waals surface area contributed by atoms with Crippen LogP contribution in [0, 0.1) is 0 Å². The Bertz CT molecular complexity index is 280. The highest BCUT2D eigenvalue weighted by Gasteiger charge is 2.36. The molecule has 0 atom stereocenters. The highest BCUT2D eigenvalue weighted by atomic mass is 19.3. The molecule has 0 aliphatic rings. The van der Waals surface area contributed by atoms with Crippen molar-refractivity contribution in [1.82, 2.24) is 0 Å². The van der Waals surface area contributed by atoms with E-state index >= 15 is 0 Å². The van der Waals surface area contributed by atoms with Crippen LogP contribution in [0.4, 0.5) is 8.78 Å². The van der Waals surface area contributed by atoms with Gasteiger partial charge in [-0.2, -0.15) is 8.78 Å². The van der Waals surface area contributed by atoms with Gasteiger partial charge in [-0.05, 0) is 0 Å². The van der Waals surface area contributed by atoms with Gasteiger partial charge in [0.2, 0.25) is 5.78 Å². The minimum atomic E-state index is -3.35. The molecule has 0 radical (unpaired) electrons. The molecule has 0 bridgehead atoms. The van der Waals surface area contributed by atoms with Crippen LogP contribution < -0.4 is 0 Å². The summed E-state index contributed by atoms with van der Waals surface area (Å²) in [5.74, 6) is -4.48. The lowest BCUT2D eigenvalue weighted by molar-refractivity contribution is -0.141. The molecule has 1 aromatic rings. The van der Waals surface area contributed by atoms with E-state index in [9.17, 15) is 13.6 Å². The topological polar surface area (TPSA) is 17.1 Å². The zero-order valence-electron chi connectivity index (χ0n) is 6.55. The minimum absolute atomic E-state index is 0.252. The maximum Gasteiger partial charge on any atom is 0.330 e. The minimum Gasteiger partial charge on any atom is -0.293 e. The van der Waals surface area contributed by atoms with Crippen molar-refractivity contribution >= 4 is 5.78 Å². The molecule has 1 nitrogen and oxygen atoms in total. The molecule has 1 aromatic carbocycles. The average Bonchev–Trinajstić information content (AvgIpc) is 2.06. The average molecular weight is 170 g/mol. The van der Waals surface area contributed by atoms with E-state index in [4.69, 9.17) is 0 Å². The van der Waals surface area contributed by atoms with Crippen molar-refractivity contribution in [1.29, 1.82) is 0 Å². The van der Waals surface area contributed by atoms with Gasteiger partial charge in [0, 0.05) is 12.5 Å². The second-order valence-electron chi connectivity index (χ2n) is 2.50. The zero-order valence-corrected chi connectivity index (χ0v) is 6.55. The third-order valence-corrected chi connectivity index (χ3v) is 1.58. The lowest BCUT2D eigenvalue weighted by Crippen LogP contribution is -2.22. The summed E-state index contributed by atoms with van der Waals surface area (Å²) in [6.45, 7) is 0.882. The molecule has 0 spiro atoms. The van der Waals surface area contributed by atoms with Crippen LogP contribution in [0.5, 0.6) is 0 Å². The van der Waals surface area contributed by atoms with Gasteiger partial charge in [0.15, 0.2) is 0 Å². The van der Waals surface area contributed by atoms with Crippen LogP contribution in [0.25, 0.3) is 0 Å². The summed E-state index contributed by atoms with van der Waals surface area (Å²) in [7, 11) is 0. The second-order valence-corrected chi connectivity index (χ2v) is 2.50. The SMILES string of the molecule is CC(=O)C(F)(F)c1ccccc1. The van der Waals surface area contributed by atoms with Crippen LogP contribution in [-0.4, -0.2) is 5.78 Å². The van der Waals surface area contributed by atoms with Crippen molar-refractivity contribution in [3.63, 3.8) is 0 Å². The van der Waals surface area contributed by atoms with Gasteiger partial charge >= 0.3 is 5.92 Å². The van der Waals surface area contributed by atoms with Crippen molar-refractivity contribution < 1.29 is 13.6 Å². The first kappa shape index (κ1) is 8.84. The monoisotopic (exact) mass is 170 g/mol. The highest BCUT2D eigenvalue weighted by molar-refractivity contribution is 5.84. The fourth-order valence-electron chi connectivity index (χ4n) is 0.851. The number of rotatable bonds is 2. The first-order valence-electron chi connectivity index (χ1n) is 3.49. The molecule has 0 fully saturated rings. The molecule has 0 aliphatic heterocycles. The van der Waals surface area contributed by atoms with E-state index < -0.39 is 11.7 Å². The Hall–Kier alpha value is -1.25. The van der Waals surface area contributed by atoms with E-state index in [1.54, 1.807) is 6.07 Å². The van der Waals surface area contributed by atoms with Crippen molar-refractivity contribution in [3.8, 4) is 0 Å². The fraction of sp³-hybridized carbons (Fsp3) is 0.222. The number of carbonyl (C=O) groups is 1. The Morgan fingerprint density at radius 1 is 1.25 bits per heavy atom. The van der Waals surface area contributed by atoms with Crippen LogP contribution in [-0.2, 0) is 10.7 Å². The molecule has 12 heavy (non-hydrogen) atoms. The molecule has 0 aliphatic carbocycles. The maximum atomic E-state index is 12.9. The summed E-state index contributed by atoms with van der Waals surface area (Å²) in [4.78, 5) is 10.5. The van der Waals surface area contributed by atoms with Gasteiger partial charge in [0.25, 0.3) is 0 Å². The standard InChI is InChI=1S/C9H8F2O/c1-7(12)9(10,11)8-5-3-2-4-6-8/h2-6H,1H3. The summed E-state index contributed by atoms with van der Waals surface area (Å²) in [6.07, 6.45) is 0. The predicted molar refractivity (Wildman–Crippen MR) is 41.0 cm³/mol. The number of hydrogen-bond donors (Lipinski definition) is 0. The Morgan fingerprint density at radius 3 is 2.17 bits per heavy atom. The van der Waals surface area contributed by atoms with Gasteiger partial charge in [-0.25, -0.2) is 0 Å². The van der Waals surface area contributed by atoms with Gasteiger partial charge < -0.3 is 0 Å². The number of alkyl halides is 2. The van der Waals surface area contributed by atoms with Crippen LogP contribution in [0.1, 0.15) is 12.5 Å². The summed E-state index contributed by atoms with van der Waals surface area (Å²) in [5, 5.41) is 0. The molecular weight excluding hydrogens is 162 g/mol. The van der Waals surface area contributed by atoms with E-state index in [1.807, 2.05) is 0 Å². The molecule has 3 heteroatoms. The van der Waals surface area contributed by atoms with E-state index in [-0.39, 0.29) is 5.56 Å². The first-order chi connectivity index (χ1) is 5.55. The maximum absolute atomic E-state index is 12.9. The molecule has 0 unspecified atom stereocenters. The van der Waals surface area contributed by atoms with Crippen LogP contribution >= 0.6 is 0 Å². The fourth-order valence-corrected chi connectivity index (χ4v) is 0.851. The third kappa shape index (κ3) is 1.49. The molecule has 64 valence electrons. The number of ketones is 1. The summed E-state index contributed by atoms with van der Waals surface area (Å²) < 4.78 is 25.9. The second kappa shape index (κ2) is 3.01. The van der Waals surface area contributed by atoms with E-state index in [0.29, 0.717) is 0 Å². The molecule has 0 aromatic heterocycles. The van der Waals surface area contributed by atoms with Gasteiger partial charge in [0.1, 0.15) is 0 Å². The lowest BCUT2D eigenvalue weighted by Gasteiger charge is -2.11. The Balaban J connectivity index is 3.06. The number of Topliss-reactive ketones (excluding diaryl/α,β-unsaturated/α-hetero) is 1. The van der Waals surface area contributed by atoms with Crippen LogP contribution in [0.15, 0.2) is 30.3 Å². The number of hydrogen-bond acceptors (Lipinski definition) is 1. The quantitative estimate of drug-likeness (QED) is 0.665. The first-order valence-corrected chi connectivity index (χ1v) is 3.49. The number of halogens is 2. The molecule has 0 saturated carbocycles. The van der Waals surface area contributed by atoms with E-state index in [0.717, 1.165) is 6.92 Å². The predicted octanol–water partition coefficient (Wildman–Crippen LogP) is 2.37.